The number of nitrogens with zero attached hydrogens (tertiary/aromatic N) is 3. The van der Waals surface area contributed by atoms with Crippen molar-refractivity contribution in [2.24, 2.45) is 0 Å². The van der Waals surface area contributed by atoms with Crippen LogP contribution < -0.4 is 5.32 Å². The molecule has 0 spiro atoms. The van der Waals surface area contributed by atoms with E-state index in [-0.39, 0.29) is 11.9 Å². The van der Waals surface area contributed by atoms with Gasteiger partial charge in [-0.3, -0.25) is 9.69 Å². The molecule has 1 N–H and O–H groups in total. The Morgan fingerprint density at radius 3 is 2.61 bits per heavy atom. The van der Waals surface area contributed by atoms with Crippen LogP contribution in [0.15, 0.2) is 66.9 Å². The topological polar surface area (TPSA) is 84.3 Å². The van der Waals surface area contributed by atoms with Crippen molar-refractivity contribution in [2.75, 3.05) is 19.6 Å². The number of rotatable bonds is 8. The Morgan fingerprint density at radius 2 is 1.89 bits per heavy atom. The maximum atomic E-state index is 13.5. The minimum absolute atomic E-state index is 0.0959. The van der Waals surface area contributed by atoms with Crippen molar-refractivity contribution in [3.05, 3.63) is 88.1 Å². The van der Waals surface area contributed by atoms with E-state index in [2.05, 4.69) is 15.3 Å². The molecule has 38 heavy (non-hydrogen) atoms. The van der Waals surface area contributed by atoms with Crippen molar-refractivity contribution < 1.29 is 13.2 Å². The van der Waals surface area contributed by atoms with E-state index in [0.717, 1.165) is 41.0 Å². The fourth-order valence-corrected chi connectivity index (χ4v) is 6.98. The summed E-state index contributed by atoms with van der Waals surface area (Å²) >= 11 is 12.1. The van der Waals surface area contributed by atoms with Gasteiger partial charge in [-0.05, 0) is 81.6 Å². The normalized spacial score (nSPS) is 20.7. The number of fused-ring (bicyclic) bond motifs is 1. The number of nitrogens with one attached hydrogen (secondary N) is 1. The predicted octanol–water partition coefficient (Wildman–Crippen LogP) is 5.23. The highest BCUT2D eigenvalue weighted by molar-refractivity contribution is 7.91. The Bertz CT molecular complexity index is 1530. The Hall–Kier alpha value is -2.65. The van der Waals surface area contributed by atoms with Crippen molar-refractivity contribution in [3.8, 4) is 0 Å². The smallest absolute Gasteiger partial charge is 0.263 e. The first-order valence-electron chi connectivity index (χ1n) is 12.7. The summed E-state index contributed by atoms with van der Waals surface area (Å²) in [4.78, 5) is 15.2. The van der Waals surface area contributed by atoms with Crippen LogP contribution in [0.5, 0.6) is 0 Å². The van der Waals surface area contributed by atoms with Gasteiger partial charge in [-0.25, -0.2) is 8.42 Å². The van der Waals surface area contributed by atoms with Gasteiger partial charge in [0.25, 0.3) is 15.9 Å². The van der Waals surface area contributed by atoms with Gasteiger partial charge >= 0.3 is 0 Å². The van der Waals surface area contributed by atoms with Crippen molar-refractivity contribution in [1.82, 2.24) is 19.4 Å². The first-order valence-corrected chi connectivity index (χ1v) is 14.9. The Balaban J connectivity index is 1.35. The van der Waals surface area contributed by atoms with Gasteiger partial charge in [0.15, 0.2) is 0 Å². The summed E-state index contributed by atoms with van der Waals surface area (Å²) in [6.45, 7) is 4.15. The summed E-state index contributed by atoms with van der Waals surface area (Å²) in [5, 5.41) is 8.85. The summed E-state index contributed by atoms with van der Waals surface area (Å²) in [6, 6.07) is 10.7. The number of hydrogen-bond acceptors (Lipinski definition) is 5. The average Bonchev–Trinajstić information content (AvgIpc) is 3.59. The molecule has 3 aromatic rings. The molecule has 1 saturated heterocycles. The van der Waals surface area contributed by atoms with Gasteiger partial charge in [-0.15, -0.1) is 0 Å². The molecular formula is C28H30Cl2N4O3S. The van der Waals surface area contributed by atoms with Crippen LogP contribution >= 0.6 is 23.2 Å². The zero-order valence-corrected chi connectivity index (χ0v) is 23.4. The SMILES string of the molecule is CC1(S(=O)(=O)n2ncc3cc(C[C@@H](CNC(=O)c4ccc(Cl)c(Cl)c4)N4CCCC4)ccc32)C=CC=CC1. The largest absolute Gasteiger partial charge is 0.350 e. The Morgan fingerprint density at radius 1 is 1.11 bits per heavy atom. The zero-order valence-electron chi connectivity index (χ0n) is 21.1. The second-order valence-electron chi connectivity index (χ2n) is 10.1. The van der Waals surface area contributed by atoms with Crippen molar-refractivity contribution in [1.29, 1.82) is 0 Å². The van der Waals surface area contributed by atoms with E-state index in [1.807, 2.05) is 30.4 Å². The molecule has 200 valence electrons. The average molecular weight is 574 g/mol. The number of carbonyl (C=O) groups is 1. The minimum Gasteiger partial charge on any atom is -0.350 e. The van der Waals surface area contributed by atoms with E-state index in [0.29, 0.717) is 40.5 Å². The Kier molecular flexibility index (Phi) is 7.69. The lowest BCUT2D eigenvalue weighted by molar-refractivity contribution is 0.0937. The summed E-state index contributed by atoms with van der Waals surface area (Å²) in [6.07, 6.45) is 12.2. The van der Waals surface area contributed by atoms with Gasteiger partial charge < -0.3 is 5.32 Å². The number of amides is 1. The molecule has 1 fully saturated rings. The van der Waals surface area contributed by atoms with E-state index in [1.54, 1.807) is 43.5 Å². The molecule has 1 aliphatic carbocycles. The molecule has 2 aromatic carbocycles. The van der Waals surface area contributed by atoms with Crippen molar-refractivity contribution in [2.45, 2.75) is 43.4 Å². The van der Waals surface area contributed by atoms with Crippen LogP contribution in [0.25, 0.3) is 10.9 Å². The molecule has 2 atom stereocenters. The molecule has 0 bridgehead atoms. The lowest BCUT2D eigenvalue weighted by atomic mass is 10.0. The minimum atomic E-state index is -3.75. The molecule has 1 amide bonds. The monoisotopic (exact) mass is 572 g/mol. The number of likely N-dealkylation sites (tertiary alicyclic amines) is 1. The first-order chi connectivity index (χ1) is 18.2. The van der Waals surface area contributed by atoms with Gasteiger partial charge in [0.2, 0.25) is 0 Å². The highest BCUT2D eigenvalue weighted by Crippen LogP contribution is 2.31. The van der Waals surface area contributed by atoms with Crippen LogP contribution in [0.3, 0.4) is 0 Å². The number of hydrogen-bond donors (Lipinski definition) is 1. The molecule has 2 heterocycles. The first kappa shape index (κ1) is 26.9. The van der Waals surface area contributed by atoms with Crippen molar-refractivity contribution in [3.63, 3.8) is 0 Å². The van der Waals surface area contributed by atoms with E-state index in [9.17, 15) is 13.2 Å². The van der Waals surface area contributed by atoms with Crippen LogP contribution in [-0.4, -0.2) is 58.8 Å². The number of carbonyl (C=O) groups excluding carboxylic acids is 1. The molecule has 0 saturated carbocycles. The molecule has 2 aliphatic rings. The fourth-order valence-electron chi connectivity index (χ4n) is 5.13. The third-order valence-electron chi connectivity index (χ3n) is 7.44. The van der Waals surface area contributed by atoms with Crippen molar-refractivity contribution >= 4 is 50.0 Å². The molecule has 7 nitrogen and oxygen atoms in total. The van der Waals surface area contributed by atoms with Gasteiger partial charge in [0.1, 0.15) is 4.75 Å². The molecule has 1 aromatic heterocycles. The van der Waals surface area contributed by atoms with E-state index in [4.69, 9.17) is 23.2 Å². The lowest BCUT2D eigenvalue weighted by Crippen LogP contribution is -2.44. The molecular weight excluding hydrogens is 543 g/mol. The molecule has 1 unspecified atom stereocenters. The summed E-state index contributed by atoms with van der Waals surface area (Å²) in [5.74, 6) is -0.199. The number of halogens is 2. The molecule has 10 heteroatoms. The Labute approximate surface area is 233 Å². The maximum Gasteiger partial charge on any atom is 0.263 e. The molecule has 0 radical (unpaired) electrons. The van der Waals surface area contributed by atoms with E-state index in [1.165, 1.54) is 0 Å². The number of benzene rings is 2. The fraction of sp³-hybridized carbons (Fsp3) is 0.357. The van der Waals surface area contributed by atoms with Crippen LogP contribution in [0.2, 0.25) is 10.0 Å². The number of aromatic nitrogens is 2. The zero-order chi connectivity index (χ0) is 26.9. The van der Waals surface area contributed by atoms with Gasteiger partial charge in [-0.1, -0.05) is 53.6 Å². The third kappa shape index (κ3) is 5.27. The van der Waals surface area contributed by atoms with E-state index < -0.39 is 14.8 Å². The highest BCUT2D eigenvalue weighted by Gasteiger charge is 2.39. The lowest BCUT2D eigenvalue weighted by Gasteiger charge is -2.28. The third-order valence-corrected chi connectivity index (χ3v) is 10.4. The van der Waals surface area contributed by atoms with Crippen LogP contribution in [-0.2, 0) is 16.4 Å². The van der Waals surface area contributed by atoms with Gasteiger partial charge in [-0.2, -0.15) is 9.19 Å². The molecule has 5 rings (SSSR count). The molecule has 1 aliphatic heterocycles. The van der Waals surface area contributed by atoms with Gasteiger partial charge in [0, 0.05) is 23.5 Å². The van der Waals surface area contributed by atoms with E-state index >= 15 is 0 Å². The highest BCUT2D eigenvalue weighted by atomic mass is 35.5. The van der Waals surface area contributed by atoms with Crippen LogP contribution in [0.4, 0.5) is 0 Å². The quantitative estimate of drug-likeness (QED) is 0.399. The summed E-state index contributed by atoms with van der Waals surface area (Å²) in [5.41, 5.74) is 2.08. The summed E-state index contributed by atoms with van der Waals surface area (Å²) in [7, 11) is -3.75. The second-order valence-corrected chi connectivity index (χ2v) is 13.2. The predicted molar refractivity (Wildman–Crippen MR) is 152 cm³/mol. The second kappa shape index (κ2) is 10.8. The summed E-state index contributed by atoms with van der Waals surface area (Å²) < 4.78 is 27.1. The van der Waals surface area contributed by atoms with Crippen LogP contribution in [0.1, 0.15) is 42.1 Å². The van der Waals surface area contributed by atoms with Crippen LogP contribution in [0, 0.1) is 0 Å². The maximum absolute atomic E-state index is 13.5. The van der Waals surface area contributed by atoms with Gasteiger partial charge in [0.05, 0.1) is 21.8 Å². The number of allylic oxidation sites excluding steroid dienone is 3. The standard InChI is InChI=1S/C28H30Cl2N4O3S/c1-28(11-3-2-4-12-28)38(36,37)34-26-10-7-20(15-22(26)18-32-34)16-23(33-13-5-6-14-33)19-31-27(35)21-8-9-24(29)25(30)17-21/h2-4,7-11,15,17-18,23H,5-6,12-14,16,19H2,1H3,(H,31,35)/t23-,28?/m0/s1.